The number of carbonyl (C=O) groups is 1. The van der Waals surface area contributed by atoms with E-state index in [0.717, 1.165) is 46.1 Å². The van der Waals surface area contributed by atoms with Crippen molar-refractivity contribution in [1.82, 2.24) is 19.4 Å². The van der Waals surface area contributed by atoms with E-state index in [1.54, 1.807) is 11.1 Å². The lowest BCUT2D eigenvalue weighted by atomic mass is 9.89. The average molecular weight is 404 g/mol. The minimum absolute atomic E-state index is 0.272. The van der Waals surface area contributed by atoms with Crippen LogP contribution in [0.3, 0.4) is 0 Å². The molecule has 0 aliphatic carbocycles. The molecule has 1 amide bonds. The summed E-state index contributed by atoms with van der Waals surface area (Å²) in [4.78, 5) is 33.6. The maximum Gasteiger partial charge on any atom is 0.421 e. The van der Waals surface area contributed by atoms with Crippen molar-refractivity contribution in [2.24, 2.45) is 0 Å². The lowest BCUT2D eigenvalue weighted by Gasteiger charge is -2.32. The number of hydrogen-bond acceptors (Lipinski definition) is 3. The van der Waals surface area contributed by atoms with Gasteiger partial charge in [0, 0.05) is 37.1 Å². The number of rotatable bonds is 3. The highest BCUT2D eigenvalue weighted by Gasteiger charge is 2.34. The van der Waals surface area contributed by atoms with E-state index in [9.17, 15) is 22.8 Å². The summed E-state index contributed by atoms with van der Waals surface area (Å²) in [5, 5.41) is 1.06. The standard InChI is InChI=1S/C20H19F3N4O2/c21-20(22,23)16-4-2-8-27(19(16)29)12-17(28)26-9-5-13(6-10-26)15-11-25-18-14(15)3-1-7-24-18/h1-4,7-8,11,13H,5-6,9-10,12H2,(H,24,25). The Hall–Kier alpha value is -3.10. The van der Waals surface area contributed by atoms with Crippen molar-refractivity contribution in [3.05, 3.63) is 64.3 Å². The Balaban J connectivity index is 1.43. The number of amides is 1. The summed E-state index contributed by atoms with van der Waals surface area (Å²) < 4.78 is 39.5. The van der Waals surface area contributed by atoms with Crippen LogP contribution in [0, 0.1) is 0 Å². The molecule has 0 bridgehead atoms. The maximum atomic E-state index is 12.9. The zero-order valence-electron chi connectivity index (χ0n) is 15.4. The summed E-state index contributed by atoms with van der Waals surface area (Å²) >= 11 is 0. The van der Waals surface area contributed by atoms with E-state index in [2.05, 4.69) is 9.97 Å². The number of likely N-dealkylation sites (tertiary alicyclic amines) is 1. The van der Waals surface area contributed by atoms with Gasteiger partial charge in [-0.2, -0.15) is 13.2 Å². The van der Waals surface area contributed by atoms with Crippen LogP contribution in [0.1, 0.15) is 29.9 Å². The van der Waals surface area contributed by atoms with Gasteiger partial charge in [0.2, 0.25) is 5.91 Å². The van der Waals surface area contributed by atoms with Gasteiger partial charge in [0.15, 0.2) is 0 Å². The van der Waals surface area contributed by atoms with Crippen LogP contribution >= 0.6 is 0 Å². The number of carbonyl (C=O) groups excluding carboxylic acids is 1. The molecule has 9 heteroatoms. The lowest BCUT2D eigenvalue weighted by Crippen LogP contribution is -2.41. The molecule has 152 valence electrons. The lowest BCUT2D eigenvalue weighted by molar-refractivity contribution is -0.139. The molecule has 0 aromatic carbocycles. The summed E-state index contributed by atoms with van der Waals surface area (Å²) in [7, 11) is 0. The Morgan fingerprint density at radius 1 is 1.21 bits per heavy atom. The highest BCUT2D eigenvalue weighted by atomic mass is 19.4. The zero-order valence-corrected chi connectivity index (χ0v) is 15.4. The molecule has 1 saturated heterocycles. The predicted octanol–water partition coefficient (Wildman–Crippen LogP) is 3.15. The summed E-state index contributed by atoms with van der Waals surface area (Å²) in [6.07, 6.45) is 1.62. The Labute approximate surface area is 164 Å². The number of nitrogens with one attached hydrogen (secondary N) is 1. The number of aromatic nitrogens is 3. The molecule has 3 aromatic rings. The fourth-order valence-corrected chi connectivity index (χ4v) is 3.88. The number of nitrogens with zero attached hydrogens (tertiary/aromatic N) is 3. The topological polar surface area (TPSA) is 71.0 Å². The summed E-state index contributed by atoms with van der Waals surface area (Å²) in [6, 6.07) is 5.75. The van der Waals surface area contributed by atoms with Gasteiger partial charge in [-0.1, -0.05) is 0 Å². The number of aromatic amines is 1. The van der Waals surface area contributed by atoms with Gasteiger partial charge in [-0.3, -0.25) is 9.59 Å². The van der Waals surface area contributed by atoms with E-state index in [0.29, 0.717) is 13.1 Å². The third-order valence-corrected chi connectivity index (χ3v) is 5.40. The zero-order chi connectivity index (χ0) is 20.6. The van der Waals surface area contributed by atoms with E-state index in [1.807, 2.05) is 18.3 Å². The smallest absolute Gasteiger partial charge is 0.346 e. The van der Waals surface area contributed by atoms with E-state index in [4.69, 9.17) is 0 Å². The van der Waals surface area contributed by atoms with Gasteiger partial charge in [-0.05, 0) is 48.6 Å². The highest BCUT2D eigenvalue weighted by molar-refractivity contribution is 5.80. The van der Waals surface area contributed by atoms with Gasteiger partial charge in [0.1, 0.15) is 17.8 Å². The number of pyridine rings is 2. The third kappa shape index (κ3) is 3.76. The van der Waals surface area contributed by atoms with E-state index < -0.39 is 23.8 Å². The monoisotopic (exact) mass is 404 g/mol. The maximum absolute atomic E-state index is 12.9. The molecule has 29 heavy (non-hydrogen) atoms. The Morgan fingerprint density at radius 3 is 2.69 bits per heavy atom. The molecular weight excluding hydrogens is 385 g/mol. The highest BCUT2D eigenvalue weighted by Crippen LogP contribution is 2.32. The third-order valence-electron chi connectivity index (χ3n) is 5.40. The van der Waals surface area contributed by atoms with Crippen molar-refractivity contribution in [2.75, 3.05) is 13.1 Å². The molecule has 0 saturated carbocycles. The van der Waals surface area contributed by atoms with Crippen LogP contribution in [0.5, 0.6) is 0 Å². The Bertz CT molecular complexity index is 1090. The van der Waals surface area contributed by atoms with Gasteiger partial charge in [-0.25, -0.2) is 4.98 Å². The largest absolute Gasteiger partial charge is 0.421 e. The number of hydrogen-bond donors (Lipinski definition) is 1. The number of piperidine rings is 1. The molecule has 3 aromatic heterocycles. The Morgan fingerprint density at radius 2 is 1.97 bits per heavy atom. The SMILES string of the molecule is O=C(Cn1cccc(C(F)(F)F)c1=O)N1CCC(c2c[nH]c3ncccc23)CC1. The second-order valence-electron chi connectivity index (χ2n) is 7.15. The van der Waals surface area contributed by atoms with E-state index >= 15 is 0 Å². The number of H-pyrrole nitrogens is 1. The van der Waals surface area contributed by atoms with Gasteiger partial charge in [-0.15, -0.1) is 0 Å². The molecular formula is C20H19F3N4O2. The molecule has 0 radical (unpaired) electrons. The molecule has 0 atom stereocenters. The van der Waals surface area contributed by atoms with Gasteiger partial charge in [0.05, 0.1) is 0 Å². The van der Waals surface area contributed by atoms with Crippen molar-refractivity contribution in [3.8, 4) is 0 Å². The van der Waals surface area contributed by atoms with E-state index in [1.165, 1.54) is 6.20 Å². The van der Waals surface area contributed by atoms with Crippen molar-refractivity contribution in [3.63, 3.8) is 0 Å². The number of alkyl halides is 3. The first kappa shape index (κ1) is 19.2. The van der Waals surface area contributed by atoms with Crippen LogP contribution in [0.4, 0.5) is 13.2 Å². The first-order valence-electron chi connectivity index (χ1n) is 9.31. The predicted molar refractivity (Wildman–Crippen MR) is 100 cm³/mol. The molecule has 0 spiro atoms. The fraction of sp³-hybridized carbons (Fsp3) is 0.350. The first-order valence-corrected chi connectivity index (χ1v) is 9.31. The molecule has 6 nitrogen and oxygen atoms in total. The normalized spacial score (nSPS) is 15.8. The van der Waals surface area contributed by atoms with Crippen molar-refractivity contribution in [2.45, 2.75) is 31.5 Å². The molecule has 1 aliphatic heterocycles. The van der Waals surface area contributed by atoms with Crippen LogP contribution in [0.25, 0.3) is 11.0 Å². The second-order valence-corrected chi connectivity index (χ2v) is 7.15. The molecule has 1 aliphatic rings. The number of fused-ring (bicyclic) bond motifs is 1. The quantitative estimate of drug-likeness (QED) is 0.729. The molecule has 1 N–H and O–H groups in total. The van der Waals surface area contributed by atoms with Crippen LogP contribution in [0.2, 0.25) is 0 Å². The molecule has 0 unspecified atom stereocenters. The minimum atomic E-state index is -4.74. The fourth-order valence-electron chi connectivity index (χ4n) is 3.88. The van der Waals surface area contributed by atoms with E-state index in [-0.39, 0.29) is 11.8 Å². The molecule has 4 heterocycles. The molecule has 4 rings (SSSR count). The van der Waals surface area contributed by atoms with Gasteiger partial charge in [0.25, 0.3) is 5.56 Å². The van der Waals surface area contributed by atoms with Crippen LogP contribution in [-0.4, -0.2) is 38.4 Å². The summed E-state index contributed by atoms with van der Waals surface area (Å²) in [5.41, 5.74) is -0.479. The van der Waals surface area contributed by atoms with Crippen molar-refractivity contribution >= 4 is 16.9 Å². The van der Waals surface area contributed by atoms with Gasteiger partial charge < -0.3 is 14.5 Å². The van der Waals surface area contributed by atoms with Crippen LogP contribution < -0.4 is 5.56 Å². The van der Waals surface area contributed by atoms with Crippen molar-refractivity contribution in [1.29, 1.82) is 0 Å². The van der Waals surface area contributed by atoms with Gasteiger partial charge >= 0.3 is 6.18 Å². The van der Waals surface area contributed by atoms with Crippen LogP contribution in [0.15, 0.2) is 47.7 Å². The first-order chi connectivity index (χ1) is 13.8. The summed E-state index contributed by atoms with van der Waals surface area (Å²) in [6.45, 7) is 0.582. The second kappa shape index (κ2) is 7.38. The van der Waals surface area contributed by atoms with Crippen molar-refractivity contribution < 1.29 is 18.0 Å². The molecule has 1 fully saturated rings. The van der Waals surface area contributed by atoms with Crippen LogP contribution in [-0.2, 0) is 17.5 Å². The number of halogens is 3. The average Bonchev–Trinajstić information content (AvgIpc) is 3.13. The Kier molecular flexibility index (Phi) is 4.89. The summed E-state index contributed by atoms with van der Waals surface area (Å²) in [5.74, 6) is -0.0845. The minimum Gasteiger partial charge on any atom is -0.346 e.